The summed E-state index contributed by atoms with van der Waals surface area (Å²) < 4.78 is 1.74. The van der Waals surface area contributed by atoms with Gasteiger partial charge in [-0.25, -0.2) is 0 Å². The van der Waals surface area contributed by atoms with E-state index in [-0.39, 0.29) is 5.78 Å². The Labute approximate surface area is 121 Å². The number of rotatable bonds is 2. The highest BCUT2D eigenvalue weighted by Crippen LogP contribution is 2.34. The van der Waals surface area contributed by atoms with Crippen LogP contribution in [0.4, 0.5) is 0 Å². The Morgan fingerprint density at radius 3 is 2.59 bits per heavy atom. The Morgan fingerprint density at radius 2 is 2.00 bits per heavy atom. The first-order chi connectivity index (χ1) is 8.00. The fourth-order valence-corrected chi connectivity index (χ4v) is 3.37. The minimum absolute atomic E-state index is 0.117. The second-order valence-electron chi connectivity index (χ2n) is 3.50. The molecule has 2 rings (SSSR count). The van der Waals surface area contributed by atoms with Crippen molar-refractivity contribution in [3.05, 3.63) is 54.1 Å². The number of ketones is 1. The highest BCUT2D eigenvalue weighted by Gasteiger charge is 2.18. The van der Waals surface area contributed by atoms with Crippen LogP contribution in [0.15, 0.2) is 28.7 Å². The topological polar surface area (TPSA) is 17.1 Å². The lowest BCUT2D eigenvalue weighted by atomic mass is 10.0. The summed E-state index contributed by atoms with van der Waals surface area (Å²) in [5.41, 5.74) is 2.06. The standard InChI is InChI=1S/C12H7BrCl2OS/c1-6-3-2-4-7(10(6)13)11(16)8-5-9(14)17-12(8)15/h2-5H,1H3. The van der Waals surface area contributed by atoms with Gasteiger partial charge in [0.1, 0.15) is 4.34 Å². The molecule has 1 nitrogen and oxygen atoms in total. The van der Waals surface area contributed by atoms with Crippen molar-refractivity contribution < 1.29 is 4.79 Å². The normalized spacial score (nSPS) is 10.6. The number of halogens is 3. The predicted molar refractivity (Wildman–Crippen MR) is 76.7 cm³/mol. The Morgan fingerprint density at radius 1 is 1.29 bits per heavy atom. The first kappa shape index (κ1) is 13.1. The van der Waals surface area contributed by atoms with E-state index in [1.54, 1.807) is 12.1 Å². The Bertz CT molecular complexity index is 592. The Kier molecular flexibility index (Phi) is 3.93. The van der Waals surface area contributed by atoms with Gasteiger partial charge < -0.3 is 0 Å². The zero-order valence-electron chi connectivity index (χ0n) is 8.76. The third kappa shape index (κ3) is 2.58. The Balaban J connectivity index is 2.51. The molecule has 0 radical (unpaired) electrons. The van der Waals surface area contributed by atoms with Gasteiger partial charge in [-0.2, -0.15) is 0 Å². The largest absolute Gasteiger partial charge is 0.288 e. The highest BCUT2D eigenvalue weighted by atomic mass is 79.9. The van der Waals surface area contributed by atoms with Crippen LogP contribution in [0.25, 0.3) is 0 Å². The lowest BCUT2D eigenvalue weighted by Crippen LogP contribution is -2.02. The number of aryl methyl sites for hydroxylation is 1. The zero-order chi connectivity index (χ0) is 12.6. The summed E-state index contributed by atoms with van der Waals surface area (Å²) in [4.78, 5) is 12.3. The molecule has 88 valence electrons. The SMILES string of the molecule is Cc1cccc(C(=O)c2cc(Cl)sc2Cl)c1Br. The number of thiophene rings is 1. The maximum Gasteiger partial charge on any atom is 0.196 e. The van der Waals surface area contributed by atoms with Gasteiger partial charge in [-0.1, -0.05) is 35.3 Å². The van der Waals surface area contributed by atoms with Gasteiger partial charge in [0.15, 0.2) is 5.78 Å². The molecule has 0 amide bonds. The smallest absolute Gasteiger partial charge is 0.196 e. The van der Waals surface area contributed by atoms with Gasteiger partial charge in [0, 0.05) is 10.0 Å². The molecule has 5 heteroatoms. The number of carbonyl (C=O) groups excluding carboxylic acids is 1. The van der Waals surface area contributed by atoms with Crippen molar-refractivity contribution in [1.82, 2.24) is 0 Å². The molecule has 1 aromatic heterocycles. The van der Waals surface area contributed by atoms with Crippen molar-refractivity contribution in [1.29, 1.82) is 0 Å². The molecule has 0 saturated heterocycles. The lowest BCUT2D eigenvalue weighted by molar-refractivity contribution is 0.103. The van der Waals surface area contributed by atoms with Crippen LogP contribution < -0.4 is 0 Å². The molecule has 0 spiro atoms. The summed E-state index contributed by atoms with van der Waals surface area (Å²) in [6, 6.07) is 7.14. The van der Waals surface area contributed by atoms with Crippen LogP contribution in [0, 0.1) is 6.92 Å². The first-order valence-electron chi connectivity index (χ1n) is 4.75. The van der Waals surface area contributed by atoms with E-state index in [2.05, 4.69) is 15.9 Å². The molecule has 0 bridgehead atoms. The molecule has 1 aromatic carbocycles. The van der Waals surface area contributed by atoms with Crippen LogP contribution >= 0.6 is 50.5 Å². The lowest BCUT2D eigenvalue weighted by Gasteiger charge is -2.05. The Hall–Kier alpha value is -0.350. The van der Waals surface area contributed by atoms with Gasteiger partial charge in [-0.3, -0.25) is 4.79 Å². The average Bonchev–Trinajstić information content (AvgIpc) is 2.61. The average molecular weight is 350 g/mol. The van der Waals surface area contributed by atoms with Crippen molar-refractivity contribution in [3.63, 3.8) is 0 Å². The fraction of sp³-hybridized carbons (Fsp3) is 0.0833. The molecule has 1 heterocycles. The molecular formula is C12H7BrCl2OS. The van der Waals surface area contributed by atoms with E-state index >= 15 is 0 Å². The number of carbonyl (C=O) groups is 1. The molecule has 0 N–H and O–H groups in total. The molecule has 0 aliphatic rings. The first-order valence-corrected chi connectivity index (χ1v) is 7.12. The molecule has 17 heavy (non-hydrogen) atoms. The summed E-state index contributed by atoms with van der Waals surface area (Å²) in [6.07, 6.45) is 0. The van der Waals surface area contributed by atoms with E-state index in [1.807, 2.05) is 19.1 Å². The van der Waals surface area contributed by atoms with Crippen molar-refractivity contribution in [2.75, 3.05) is 0 Å². The third-order valence-electron chi connectivity index (χ3n) is 2.34. The monoisotopic (exact) mass is 348 g/mol. The molecule has 0 fully saturated rings. The third-order valence-corrected chi connectivity index (χ3v) is 4.88. The fourth-order valence-electron chi connectivity index (χ4n) is 1.46. The van der Waals surface area contributed by atoms with Gasteiger partial charge in [-0.15, -0.1) is 11.3 Å². The van der Waals surface area contributed by atoms with Crippen molar-refractivity contribution in [3.8, 4) is 0 Å². The van der Waals surface area contributed by atoms with E-state index in [0.717, 1.165) is 10.0 Å². The molecule has 0 aliphatic carbocycles. The maximum absolute atomic E-state index is 12.3. The molecule has 0 aliphatic heterocycles. The summed E-state index contributed by atoms with van der Waals surface area (Å²) in [5.74, 6) is -0.117. The van der Waals surface area contributed by atoms with Crippen molar-refractivity contribution in [2.45, 2.75) is 6.92 Å². The summed E-state index contributed by atoms with van der Waals surface area (Å²) in [7, 11) is 0. The molecular weight excluding hydrogens is 343 g/mol. The summed E-state index contributed by atoms with van der Waals surface area (Å²) in [6.45, 7) is 1.93. The quantitative estimate of drug-likeness (QED) is 0.667. The van der Waals surface area contributed by atoms with E-state index in [1.165, 1.54) is 11.3 Å². The van der Waals surface area contributed by atoms with Gasteiger partial charge in [0.25, 0.3) is 0 Å². The van der Waals surface area contributed by atoms with Gasteiger partial charge >= 0.3 is 0 Å². The minimum atomic E-state index is -0.117. The second kappa shape index (κ2) is 5.11. The minimum Gasteiger partial charge on any atom is -0.288 e. The van der Waals surface area contributed by atoms with Crippen molar-refractivity contribution >= 4 is 56.3 Å². The highest BCUT2D eigenvalue weighted by molar-refractivity contribution is 9.10. The number of benzene rings is 1. The number of hydrogen-bond acceptors (Lipinski definition) is 2. The van der Waals surface area contributed by atoms with Crippen LogP contribution in [0.1, 0.15) is 21.5 Å². The van der Waals surface area contributed by atoms with Gasteiger partial charge in [-0.05, 0) is 40.5 Å². The van der Waals surface area contributed by atoms with E-state index in [9.17, 15) is 4.79 Å². The van der Waals surface area contributed by atoms with Crippen molar-refractivity contribution in [2.24, 2.45) is 0 Å². The van der Waals surface area contributed by atoms with E-state index in [0.29, 0.717) is 19.8 Å². The molecule has 0 atom stereocenters. The van der Waals surface area contributed by atoms with Crippen LogP contribution in [0.2, 0.25) is 8.67 Å². The molecule has 0 unspecified atom stereocenters. The van der Waals surface area contributed by atoms with Crippen LogP contribution in [-0.2, 0) is 0 Å². The van der Waals surface area contributed by atoms with E-state index < -0.39 is 0 Å². The summed E-state index contributed by atoms with van der Waals surface area (Å²) in [5, 5.41) is 0. The zero-order valence-corrected chi connectivity index (χ0v) is 12.7. The molecule has 0 saturated carbocycles. The van der Waals surface area contributed by atoms with Crippen LogP contribution in [0.5, 0.6) is 0 Å². The second-order valence-corrected chi connectivity index (χ2v) is 6.58. The van der Waals surface area contributed by atoms with Gasteiger partial charge in [0.05, 0.1) is 9.90 Å². The predicted octanol–water partition coefficient (Wildman–Crippen LogP) is 5.36. The number of hydrogen-bond donors (Lipinski definition) is 0. The summed E-state index contributed by atoms with van der Waals surface area (Å²) >= 11 is 16.4. The van der Waals surface area contributed by atoms with Gasteiger partial charge in [0.2, 0.25) is 0 Å². The van der Waals surface area contributed by atoms with Crippen LogP contribution in [-0.4, -0.2) is 5.78 Å². The van der Waals surface area contributed by atoms with E-state index in [4.69, 9.17) is 23.2 Å². The molecule has 2 aromatic rings. The van der Waals surface area contributed by atoms with Crippen LogP contribution in [0.3, 0.4) is 0 Å². The maximum atomic E-state index is 12.3.